The number of fused-ring (bicyclic) bond motifs is 2. The van der Waals surface area contributed by atoms with Crippen molar-refractivity contribution in [2.45, 2.75) is 81.0 Å². The Kier molecular flexibility index (Phi) is 7.96. The molecule has 1 spiro atoms. The molecule has 1 aromatic rings. The Morgan fingerprint density at radius 3 is 2.35 bits per heavy atom. The van der Waals surface area contributed by atoms with Gasteiger partial charge in [0, 0.05) is 17.3 Å². The maximum atomic E-state index is 13.8. The molecule has 15 nitrogen and oxygen atoms in total. The van der Waals surface area contributed by atoms with Crippen LogP contribution in [0.1, 0.15) is 20.3 Å². The van der Waals surface area contributed by atoms with Crippen molar-refractivity contribution in [1.82, 2.24) is 0 Å². The van der Waals surface area contributed by atoms with Crippen LogP contribution in [0.25, 0.3) is 0 Å². The predicted octanol–water partition coefficient (Wildman–Crippen LogP) is -1.80. The second-order valence-electron chi connectivity index (χ2n) is 14.0. The maximum Gasteiger partial charge on any atom is 0.348 e. The molecule has 16 atom stereocenters. The Labute approximate surface area is 274 Å². The van der Waals surface area contributed by atoms with Gasteiger partial charge in [-0.3, -0.25) is 4.79 Å². The third kappa shape index (κ3) is 4.25. The maximum absolute atomic E-state index is 13.8. The van der Waals surface area contributed by atoms with Crippen LogP contribution in [0.15, 0.2) is 42.2 Å². The first-order chi connectivity index (χ1) is 22.8. The largest absolute Gasteiger partial charge is 0.478 e. The number of benzene rings is 1. The lowest BCUT2D eigenvalue weighted by Crippen LogP contribution is -2.79. The van der Waals surface area contributed by atoms with Crippen LogP contribution in [0.5, 0.6) is 5.75 Å². The number of allylic oxidation sites excluding steroid dienone is 2. The first-order valence-electron chi connectivity index (χ1n) is 16.0. The van der Waals surface area contributed by atoms with Crippen LogP contribution in [-0.4, -0.2) is 129 Å². The Morgan fingerprint density at radius 2 is 1.69 bits per heavy atom. The molecule has 3 aliphatic carbocycles. The molecule has 3 saturated heterocycles. The van der Waals surface area contributed by atoms with Gasteiger partial charge in [0.1, 0.15) is 42.4 Å². The molecule has 0 radical (unpaired) electrons. The number of rotatable bonds is 6. The van der Waals surface area contributed by atoms with E-state index in [1.807, 2.05) is 0 Å². The topological polar surface area (TPSA) is 228 Å². The highest BCUT2D eigenvalue weighted by molar-refractivity contribution is 5.96. The molecule has 6 N–H and O–H groups in total. The molecule has 2 saturated carbocycles. The lowest BCUT2D eigenvalue weighted by Gasteiger charge is -2.67. The molecule has 6 aliphatic rings. The van der Waals surface area contributed by atoms with E-state index in [1.165, 1.54) is 6.08 Å². The number of hydrogen-bond acceptors (Lipinski definition) is 15. The number of carbonyl (C=O) groups is 3. The fourth-order valence-corrected chi connectivity index (χ4v) is 9.82. The van der Waals surface area contributed by atoms with Crippen molar-refractivity contribution in [2.75, 3.05) is 20.3 Å². The second kappa shape index (κ2) is 11.5. The molecule has 3 aliphatic heterocycles. The number of aliphatic hydroxyl groups excluding tert-OH is 6. The first kappa shape index (κ1) is 33.4. The summed E-state index contributed by atoms with van der Waals surface area (Å²) < 4.78 is 35.0. The molecule has 3 heterocycles. The van der Waals surface area contributed by atoms with Gasteiger partial charge in [0.25, 0.3) is 0 Å². The zero-order valence-corrected chi connectivity index (χ0v) is 26.4. The van der Waals surface area contributed by atoms with Gasteiger partial charge in [-0.1, -0.05) is 32.0 Å². The van der Waals surface area contributed by atoms with E-state index in [2.05, 4.69) is 0 Å². The zero-order valence-electron chi connectivity index (χ0n) is 26.4. The van der Waals surface area contributed by atoms with Gasteiger partial charge in [0.15, 0.2) is 11.5 Å². The van der Waals surface area contributed by atoms with E-state index in [0.717, 1.165) is 7.11 Å². The molecular formula is C33H40O15. The van der Waals surface area contributed by atoms with Crippen LogP contribution >= 0.6 is 0 Å². The van der Waals surface area contributed by atoms with Gasteiger partial charge in [0.2, 0.25) is 18.0 Å². The van der Waals surface area contributed by atoms with E-state index in [1.54, 1.807) is 44.2 Å². The van der Waals surface area contributed by atoms with Crippen molar-refractivity contribution in [1.29, 1.82) is 0 Å². The molecule has 1 aromatic carbocycles. The molecule has 7 rings (SSSR count). The van der Waals surface area contributed by atoms with E-state index in [4.69, 9.17) is 28.4 Å². The lowest BCUT2D eigenvalue weighted by atomic mass is 9.38. The number of aliphatic hydroxyl groups is 6. The quantitative estimate of drug-likeness (QED) is 0.183. The third-order valence-electron chi connectivity index (χ3n) is 11.9. The zero-order chi connectivity index (χ0) is 34.5. The molecule has 0 amide bonds. The highest BCUT2D eigenvalue weighted by Crippen LogP contribution is 2.72. The van der Waals surface area contributed by atoms with E-state index in [9.17, 15) is 45.0 Å². The van der Waals surface area contributed by atoms with Gasteiger partial charge in [0.05, 0.1) is 32.3 Å². The van der Waals surface area contributed by atoms with Crippen molar-refractivity contribution in [3.05, 3.63) is 42.2 Å². The van der Waals surface area contributed by atoms with Crippen LogP contribution in [-0.2, 0) is 38.1 Å². The van der Waals surface area contributed by atoms with Crippen LogP contribution in [0.2, 0.25) is 0 Å². The number of carbonyl (C=O) groups excluding carboxylic acids is 3. The van der Waals surface area contributed by atoms with Gasteiger partial charge in [-0.2, -0.15) is 0 Å². The average Bonchev–Trinajstić information content (AvgIpc) is 3.38. The van der Waals surface area contributed by atoms with Crippen LogP contribution in [0.4, 0.5) is 0 Å². The SMILES string of the molecule is COC(=O)[C@@]12OCC34C(CC5C(C)C(=O)C(O[C@@H]6O[C@H](CO)[C@@H](O)[C@H](O)[C@H]6O)=C[C@]5(C)C3C(O)C1O)OC(=O)[C@H](Oc1ccccc1)[C@H]42. The first-order valence-corrected chi connectivity index (χ1v) is 16.0. The summed E-state index contributed by atoms with van der Waals surface area (Å²) in [7, 11) is 1.11. The number of para-hydroxylation sites is 1. The summed E-state index contributed by atoms with van der Waals surface area (Å²) in [6, 6.07) is 8.39. The van der Waals surface area contributed by atoms with Crippen molar-refractivity contribution < 1.29 is 73.4 Å². The van der Waals surface area contributed by atoms with Gasteiger partial charge < -0.3 is 59.1 Å². The summed E-state index contributed by atoms with van der Waals surface area (Å²) in [5.41, 5.74) is -4.75. The van der Waals surface area contributed by atoms with Gasteiger partial charge in [-0.25, -0.2) is 9.59 Å². The van der Waals surface area contributed by atoms with E-state index >= 15 is 0 Å². The van der Waals surface area contributed by atoms with E-state index in [-0.39, 0.29) is 24.5 Å². The Bertz CT molecular complexity index is 1500. The molecule has 262 valence electrons. The van der Waals surface area contributed by atoms with Crippen molar-refractivity contribution in [3.63, 3.8) is 0 Å². The lowest BCUT2D eigenvalue weighted by molar-refractivity contribution is -0.295. The normalized spacial score (nSPS) is 49.2. The molecule has 0 aromatic heterocycles. The molecular weight excluding hydrogens is 636 g/mol. The third-order valence-corrected chi connectivity index (χ3v) is 11.9. The van der Waals surface area contributed by atoms with E-state index in [0.29, 0.717) is 0 Å². The Morgan fingerprint density at radius 1 is 0.979 bits per heavy atom. The highest BCUT2D eigenvalue weighted by Gasteiger charge is 2.85. The van der Waals surface area contributed by atoms with Crippen LogP contribution in [0, 0.1) is 34.5 Å². The number of Topliss-reactive ketones (excluding diaryl/α,β-unsaturated/α-hetero) is 1. The number of hydrogen-bond donors (Lipinski definition) is 6. The van der Waals surface area contributed by atoms with Gasteiger partial charge in [-0.15, -0.1) is 0 Å². The minimum Gasteiger partial charge on any atom is -0.478 e. The number of esters is 2. The molecule has 48 heavy (non-hydrogen) atoms. The predicted molar refractivity (Wildman–Crippen MR) is 156 cm³/mol. The fourth-order valence-electron chi connectivity index (χ4n) is 9.82. The summed E-state index contributed by atoms with van der Waals surface area (Å²) in [5.74, 6) is -5.91. The minimum atomic E-state index is -2.21. The monoisotopic (exact) mass is 676 g/mol. The van der Waals surface area contributed by atoms with Gasteiger partial charge in [-0.05, 0) is 36.0 Å². The van der Waals surface area contributed by atoms with Crippen LogP contribution < -0.4 is 4.74 Å². The van der Waals surface area contributed by atoms with E-state index < -0.39 is 120 Å². The van der Waals surface area contributed by atoms with Crippen molar-refractivity contribution in [2.24, 2.45) is 34.5 Å². The highest BCUT2D eigenvalue weighted by atomic mass is 16.7. The molecule has 15 heteroatoms. The summed E-state index contributed by atoms with van der Waals surface area (Å²) >= 11 is 0. The summed E-state index contributed by atoms with van der Waals surface area (Å²) in [6.45, 7) is 2.47. The number of methoxy groups -OCH3 is 1. The Hall–Kier alpha value is -3.15. The standard InChI is InChI=1S/C33H40O15/c1-13-15-9-18-32-12-44-33(30(42)43-3,26(32)24(28(41)48-18)45-14-7-5-4-6-8-14)27(40)23(39)25(32)31(15,2)10-16(19(13)35)46-29-22(38)21(37)20(36)17(11-34)47-29/h4-8,10,13,15,17-18,20-27,29,34,36-40H,9,11-12H2,1-3H3/t13?,15?,17-,18?,20-,21+,22-,23?,24-,25?,26-,27?,29-,31+,32?,33+/m1/s1. The smallest absolute Gasteiger partial charge is 0.348 e. The minimum absolute atomic E-state index is 0.119. The van der Waals surface area contributed by atoms with Gasteiger partial charge >= 0.3 is 11.9 Å². The molecule has 2 bridgehead atoms. The summed E-state index contributed by atoms with van der Waals surface area (Å²) in [5, 5.41) is 64.8. The van der Waals surface area contributed by atoms with Crippen LogP contribution in [0.3, 0.4) is 0 Å². The fraction of sp³-hybridized carbons (Fsp3) is 0.667. The number of ketones is 1. The van der Waals surface area contributed by atoms with Crippen molar-refractivity contribution in [3.8, 4) is 5.75 Å². The molecule has 5 fully saturated rings. The van der Waals surface area contributed by atoms with Crippen molar-refractivity contribution >= 4 is 17.7 Å². The summed E-state index contributed by atoms with van der Waals surface area (Å²) in [4.78, 5) is 41.3. The molecule has 7 unspecified atom stereocenters. The second-order valence-corrected chi connectivity index (χ2v) is 14.0. The summed E-state index contributed by atoms with van der Waals surface area (Å²) in [6.07, 6.45) is -12.6. The Balaban J connectivity index is 1.35. The average molecular weight is 677 g/mol. The number of ether oxygens (including phenoxy) is 6.